The lowest BCUT2D eigenvalue weighted by molar-refractivity contribution is 0.110. The summed E-state index contributed by atoms with van der Waals surface area (Å²) in [5, 5.41) is 0.773. The van der Waals surface area contributed by atoms with Crippen molar-refractivity contribution in [1.29, 1.82) is 0 Å². The van der Waals surface area contributed by atoms with E-state index in [1.54, 1.807) is 0 Å². The first kappa shape index (κ1) is 16.8. The Bertz CT molecular complexity index is 428. The number of likely N-dealkylation sites (tertiary alicyclic amines) is 1. The number of rotatable bonds is 4. The Kier molecular flexibility index (Phi) is 5.70. The third-order valence-corrected chi connectivity index (χ3v) is 5.12. The lowest BCUT2D eigenvalue weighted by Gasteiger charge is -2.39. The van der Waals surface area contributed by atoms with Crippen LogP contribution < -0.4 is 5.73 Å². The molecule has 1 atom stereocenters. The molecule has 21 heavy (non-hydrogen) atoms. The summed E-state index contributed by atoms with van der Waals surface area (Å²) in [7, 11) is 0. The van der Waals surface area contributed by atoms with Crippen LogP contribution in [-0.4, -0.2) is 24.5 Å². The van der Waals surface area contributed by atoms with Gasteiger partial charge in [0, 0.05) is 11.1 Å². The number of halogens is 1. The highest BCUT2D eigenvalue weighted by atomic mass is 35.5. The summed E-state index contributed by atoms with van der Waals surface area (Å²) in [5.41, 5.74) is 7.92. The maximum Gasteiger partial charge on any atom is 0.0406 e. The zero-order valence-electron chi connectivity index (χ0n) is 13.6. The second-order valence-corrected chi connectivity index (χ2v) is 7.87. The maximum absolute atomic E-state index is 6.29. The second kappa shape index (κ2) is 7.13. The van der Waals surface area contributed by atoms with Crippen LogP contribution in [0.5, 0.6) is 0 Å². The summed E-state index contributed by atoms with van der Waals surface area (Å²) >= 11 is 5.92. The fourth-order valence-electron chi connectivity index (χ4n) is 3.22. The molecule has 0 spiro atoms. The average Bonchev–Trinajstić information content (AvgIpc) is 2.45. The Labute approximate surface area is 134 Å². The molecule has 2 rings (SSSR count). The molecule has 0 aromatic heterocycles. The van der Waals surface area contributed by atoms with E-state index in [1.807, 2.05) is 24.3 Å². The van der Waals surface area contributed by atoms with Gasteiger partial charge in [0.1, 0.15) is 0 Å². The fraction of sp³-hybridized carbons (Fsp3) is 0.667. The summed E-state index contributed by atoms with van der Waals surface area (Å²) in [6.45, 7) is 10.6. The summed E-state index contributed by atoms with van der Waals surface area (Å²) < 4.78 is 0. The highest BCUT2D eigenvalue weighted by Gasteiger charge is 2.28. The van der Waals surface area contributed by atoms with Gasteiger partial charge in [-0.1, -0.05) is 44.5 Å². The van der Waals surface area contributed by atoms with Crippen LogP contribution >= 0.6 is 11.6 Å². The Morgan fingerprint density at radius 2 is 1.76 bits per heavy atom. The summed E-state index contributed by atoms with van der Waals surface area (Å²) in [6, 6.07) is 8.04. The first-order valence-electron chi connectivity index (χ1n) is 8.09. The third-order valence-electron chi connectivity index (χ3n) is 4.87. The number of nitrogens with zero attached hydrogens (tertiary/aromatic N) is 1. The van der Waals surface area contributed by atoms with Crippen LogP contribution in [-0.2, 0) is 0 Å². The van der Waals surface area contributed by atoms with Gasteiger partial charge in [-0.2, -0.15) is 0 Å². The summed E-state index contributed by atoms with van der Waals surface area (Å²) in [4.78, 5) is 2.57. The van der Waals surface area contributed by atoms with Gasteiger partial charge in [-0.15, -0.1) is 0 Å². The van der Waals surface area contributed by atoms with E-state index >= 15 is 0 Å². The molecular formula is C18H29ClN2. The van der Waals surface area contributed by atoms with E-state index < -0.39 is 0 Å². The molecule has 1 heterocycles. The molecule has 1 saturated heterocycles. The smallest absolute Gasteiger partial charge is 0.0406 e. The van der Waals surface area contributed by atoms with Crippen molar-refractivity contribution in [2.45, 2.75) is 46.1 Å². The van der Waals surface area contributed by atoms with Gasteiger partial charge in [0.25, 0.3) is 0 Å². The highest BCUT2D eigenvalue weighted by Crippen LogP contribution is 2.34. The molecule has 1 fully saturated rings. The van der Waals surface area contributed by atoms with E-state index in [1.165, 1.54) is 31.5 Å². The predicted molar refractivity (Wildman–Crippen MR) is 91.6 cm³/mol. The quantitative estimate of drug-likeness (QED) is 0.888. The first-order valence-corrected chi connectivity index (χ1v) is 8.47. The molecule has 0 radical (unpaired) electrons. The van der Waals surface area contributed by atoms with Crippen LogP contribution in [0.15, 0.2) is 24.3 Å². The standard InChI is InChI=1S/C18H29ClN2/c1-18(2,3)15-8-11-21(12-9-15)13-10-17(20)14-4-6-16(19)7-5-14/h4-7,15,17H,8-13,20H2,1-3H3. The van der Waals surface area contributed by atoms with Crippen molar-refractivity contribution in [3.8, 4) is 0 Å². The SMILES string of the molecule is CC(C)(C)C1CCN(CCC(N)c2ccc(Cl)cc2)CC1. The van der Waals surface area contributed by atoms with Crippen molar-refractivity contribution in [1.82, 2.24) is 4.90 Å². The Hall–Kier alpha value is -0.570. The van der Waals surface area contributed by atoms with Crippen molar-refractivity contribution >= 4 is 11.6 Å². The molecule has 1 aromatic rings. The van der Waals surface area contributed by atoms with E-state index in [4.69, 9.17) is 17.3 Å². The van der Waals surface area contributed by atoms with E-state index in [2.05, 4.69) is 25.7 Å². The van der Waals surface area contributed by atoms with Crippen molar-refractivity contribution in [3.05, 3.63) is 34.9 Å². The topological polar surface area (TPSA) is 29.3 Å². The molecule has 1 unspecified atom stereocenters. The number of benzene rings is 1. The predicted octanol–water partition coefficient (Wildman–Crippen LogP) is 4.49. The minimum atomic E-state index is 0.114. The van der Waals surface area contributed by atoms with E-state index in [9.17, 15) is 0 Å². The minimum Gasteiger partial charge on any atom is -0.324 e. The van der Waals surface area contributed by atoms with Gasteiger partial charge in [-0.3, -0.25) is 0 Å². The molecule has 1 aliphatic rings. The molecule has 0 amide bonds. The Balaban J connectivity index is 1.76. The van der Waals surface area contributed by atoms with Crippen molar-refractivity contribution < 1.29 is 0 Å². The van der Waals surface area contributed by atoms with Gasteiger partial charge in [0.2, 0.25) is 0 Å². The number of nitrogens with two attached hydrogens (primary N) is 1. The van der Waals surface area contributed by atoms with Crippen molar-refractivity contribution in [2.75, 3.05) is 19.6 Å². The van der Waals surface area contributed by atoms with Crippen LogP contribution in [0.1, 0.15) is 51.6 Å². The van der Waals surface area contributed by atoms with Crippen LogP contribution in [0.3, 0.4) is 0 Å². The van der Waals surface area contributed by atoms with Gasteiger partial charge in [0.05, 0.1) is 0 Å². The molecule has 2 N–H and O–H groups in total. The number of piperidine rings is 1. The number of hydrogen-bond donors (Lipinski definition) is 1. The molecule has 2 nitrogen and oxygen atoms in total. The zero-order valence-corrected chi connectivity index (χ0v) is 14.4. The van der Waals surface area contributed by atoms with Crippen LogP contribution in [0, 0.1) is 11.3 Å². The van der Waals surface area contributed by atoms with Gasteiger partial charge >= 0.3 is 0 Å². The molecule has 3 heteroatoms. The fourth-order valence-corrected chi connectivity index (χ4v) is 3.35. The highest BCUT2D eigenvalue weighted by molar-refractivity contribution is 6.30. The number of hydrogen-bond acceptors (Lipinski definition) is 2. The normalized spacial score (nSPS) is 19.7. The summed E-state index contributed by atoms with van der Waals surface area (Å²) in [5.74, 6) is 0.860. The van der Waals surface area contributed by atoms with Crippen molar-refractivity contribution in [3.63, 3.8) is 0 Å². The first-order chi connectivity index (χ1) is 9.86. The van der Waals surface area contributed by atoms with Gasteiger partial charge in [-0.25, -0.2) is 0 Å². The molecule has 0 bridgehead atoms. The van der Waals surface area contributed by atoms with Crippen LogP contribution in [0.2, 0.25) is 5.02 Å². The molecular weight excluding hydrogens is 280 g/mol. The average molecular weight is 309 g/mol. The molecule has 0 aliphatic carbocycles. The minimum absolute atomic E-state index is 0.114. The maximum atomic E-state index is 6.29. The Morgan fingerprint density at radius 1 is 1.19 bits per heavy atom. The Morgan fingerprint density at radius 3 is 2.29 bits per heavy atom. The lowest BCUT2D eigenvalue weighted by Crippen LogP contribution is -2.39. The van der Waals surface area contributed by atoms with Gasteiger partial charge in [0.15, 0.2) is 0 Å². The van der Waals surface area contributed by atoms with E-state index in [0.717, 1.165) is 23.9 Å². The zero-order chi connectivity index (χ0) is 15.5. The molecule has 1 aromatic carbocycles. The van der Waals surface area contributed by atoms with Crippen LogP contribution in [0.4, 0.5) is 0 Å². The van der Waals surface area contributed by atoms with Crippen molar-refractivity contribution in [2.24, 2.45) is 17.1 Å². The molecule has 118 valence electrons. The monoisotopic (exact) mass is 308 g/mol. The van der Waals surface area contributed by atoms with E-state index in [0.29, 0.717) is 5.41 Å². The van der Waals surface area contributed by atoms with Gasteiger partial charge in [-0.05, 0) is 67.9 Å². The van der Waals surface area contributed by atoms with E-state index in [-0.39, 0.29) is 6.04 Å². The summed E-state index contributed by atoms with van der Waals surface area (Å²) in [6.07, 6.45) is 3.65. The second-order valence-electron chi connectivity index (χ2n) is 7.43. The molecule has 0 saturated carbocycles. The van der Waals surface area contributed by atoms with Gasteiger partial charge < -0.3 is 10.6 Å². The largest absolute Gasteiger partial charge is 0.324 e. The molecule has 1 aliphatic heterocycles. The lowest BCUT2D eigenvalue weighted by atomic mass is 9.75. The van der Waals surface area contributed by atoms with Crippen LogP contribution in [0.25, 0.3) is 0 Å². The third kappa shape index (κ3) is 4.98.